The Morgan fingerprint density at radius 1 is 1.45 bits per heavy atom. The van der Waals surface area contributed by atoms with E-state index in [4.69, 9.17) is 10.5 Å². The highest BCUT2D eigenvalue weighted by molar-refractivity contribution is 5.94. The van der Waals surface area contributed by atoms with E-state index < -0.39 is 0 Å². The number of carbonyl (C=O) groups excluding carboxylic acids is 2. The van der Waals surface area contributed by atoms with Crippen LogP contribution in [0.15, 0.2) is 24.3 Å². The Balaban J connectivity index is 0.00000200. The molecule has 6 heteroatoms. The number of halogens is 1. The maximum absolute atomic E-state index is 11.9. The minimum atomic E-state index is -0.0684. The van der Waals surface area contributed by atoms with E-state index in [9.17, 15) is 9.59 Å². The number of ketones is 1. The zero-order chi connectivity index (χ0) is 13.8. The highest BCUT2D eigenvalue weighted by Gasteiger charge is 2.23. The van der Waals surface area contributed by atoms with E-state index in [2.05, 4.69) is 0 Å². The van der Waals surface area contributed by atoms with Crippen molar-refractivity contribution in [2.45, 2.75) is 19.4 Å². The van der Waals surface area contributed by atoms with Gasteiger partial charge < -0.3 is 15.4 Å². The SMILES string of the molecule is CC(=O)c1cccc(OCC(=O)N2CC[C@@H](N)C2)c1.Cl. The number of benzene rings is 1. The molecule has 1 atom stereocenters. The summed E-state index contributed by atoms with van der Waals surface area (Å²) in [7, 11) is 0. The fourth-order valence-corrected chi connectivity index (χ4v) is 2.06. The molecule has 0 aromatic heterocycles. The molecule has 0 unspecified atom stereocenters. The molecule has 0 radical (unpaired) electrons. The number of carbonyl (C=O) groups is 2. The number of hydrogen-bond acceptors (Lipinski definition) is 4. The number of hydrogen-bond donors (Lipinski definition) is 1. The molecule has 0 saturated carbocycles. The summed E-state index contributed by atoms with van der Waals surface area (Å²) >= 11 is 0. The van der Waals surface area contributed by atoms with E-state index in [1.165, 1.54) is 6.92 Å². The first-order valence-corrected chi connectivity index (χ1v) is 6.33. The number of Topliss-reactive ketones (excluding diaryl/α,β-unsaturated/α-hetero) is 1. The first kappa shape index (κ1) is 16.5. The van der Waals surface area contributed by atoms with E-state index in [1.54, 1.807) is 29.2 Å². The zero-order valence-electron chi connectivity index (χ0n) is 11.4. The third-order valence-corrected chi connectivity index (χ3v) is 3.18. The molecule has 0 spiro atoms. The van der Waals surface area contributed by atoms with Gasteiger partial charge in [-0.1, -0.05) is 12.1 Å². The van der Waals surface area contributed by atoms with Gasteiger partial charge in [-0.2, -0.15) is 0 Å². The number of nitrogens with two attached hydrogens (primary N) is 1. The summed E-state index contributed by atoms with van der Waals surface area (Å²) in [6, 6.07) is 6.91. The second-order valence-electron chi connectivity index (χ2n) is 4.76. The first-order valence-electron chi connectivity index (χ1n) is 6.33. The van der Waals surface area contributed by atoms with Crippen LogP contribution in [0.1, 0.15) is 23.7 Å². The summed E-state index contributed by atoms with van der Waals surface area (Å²) in [5.74, 6) is 0.438. The van der Waals surface area contributed by atoms with Crippen molar-refractivity contribution in [2.75, 3.05) is 19.7 Å². The zero-order valence-corrected chi connectivity index (χ0v) is 12.2. The van der Waals surface area contributed by atoms with Crippen molar-refractivity contribution in [3.63, 3.8) is 0 Å². The van der Waals surface area contributed by atoms with Gasteiger partial charge in [-0.05, 0) is 25.5 Å². The molecule has 20 heavy (non-hydrogen) atoms. The molecule has 5 nitrogen and oxygen atoms in total. The van der Waals surface area contributed by atoms with Crippen LogP contribution in [0.2, 0.25) is 0 Å². The summed E-state index contributed by atoms with van der Waals surface area (Å²) in [6.07, 6.45) is 0.839. The smallest absolute Gasteiger partial charge is 0.260 e. The number of nitrogens with zero attached hydrogens (tertiary/aromatic N) is 1. The van der Waals surface area contributed by atoms with Crippen molar-refractivity contribution in [3.05, 3.63) is 29.8 Å². The van der Waals surface area contributed by atoms with Crippen LogP contribution in [0.3, 0.4) is 0 Å². The lowest BCUT2D eigenvalue weighted by Gasteiger charge is -2.16. The molecule has 1 aliphatic rings. The Hall–Kier alpha value is -1.59. The van der Waals surface area contributed by atoms with Crippen LogP contribution in [0, 0.1) is 0 Å². The summed E-state index contributed by atoms with van der Waals surface area (Å²) in [4.78, 5) is 24.8. The molecule has 2 N–H and O–H groups in total. The molecule has 110 valence electrons. The van der Waals surface area contributed by atoms with Crippen LogP contribution < -0.4 is 10.5 Å². The third-order valence-electron chi connectivity index (χ3n) is 3.18. The maximum Gasteiger partial charge on any atom is 0.260 e. The maximum atomic E-state index is 11.9. The average Bonchev–Trinajstić information content (AvgIpc) is 2.83. The van der Waals surface area contributed by atoms with E-state index in [0.717, 1.165) is 6.42 Å². The molecule has 0 aliphatic carbocycles. The van der Waals surface area contributed by atoms with Crippen LogP contribution >= 0.6 is 12.4 Å². The van der Waals surface area contributed by atoms with Gasteiger partial charge in [-0.25, -0.2) is 0 Å². The van der Waals surface area contributed by atoms with Gasteiger partial charge in [0.2, 0.25) is 0 Å². The monoisotopic (exact) mass is 298 g/mol. The van der Waals surface area contributed by atoms with E-state index in [0.29, 0.717) is 24.4 Å². The lowest BCUT2D eigenvalue weighted by molar-refractivity contribution is -0.132. The minimum absolute atomic E-state index is 0. The highest BCUT2D eigenvalue weighted by atomic mass is 35.5. The van der Waals surface area contributed by atoms with Crippen LogP contribution in [0.5, 0.6) is 5.75 Å². The van der Waals surface area contributed by atoms with Crippen molar-refractivity contribution in [2.24, 2.45) is 5.73 Å². The molecule has 1 amide bonds. The molecule has 1 heterocycles. The average molecular weight is 299 g/mol. The van der Waals surface area contributed by atoms with Crippen molar-refractivity contribution in [1.82, 2.24) is 4.90 Å². The summed E-state index contributed by atoms with van der Waals surface area (Å²) < 4.78 is 5.42. The van der Waals surface area contributed by atoms with Crippen molar-refractivity contribution in [3.8, 4) is 5.75 Å². The molecule has 1 aliphatic heterocycles. The lowest BCUT2D eigenvalue weighted by Crippen LogP contribution is -2.35. The quantitative estimate of drug-likeness (QED) is 0.849. The predicted molar refractivity (Wildman–Crippen MR) is 78.4 cm³/mol. The van der Waals surface area contributed by atoms with E-state index in [-0.39, 0.29) is 36.7 Å². The van der Waals surface area contributed by atoms with Crippen LogP contribution in [0.25, 0.3) is 0 Å². The van der Waals surface area contributed by atoms with Crippen molar-refractivity contribution in [1.29, 1.82) is 0 Å². The Labute approximate surface area is 124 Å². The Morgan fingerprint density at radius 3 is 2.80 bits per heavy atom. The fourth-order valence-electron chi connectivity index (χ4n) is 2.06. The molecule has 1 saturated heterocycles. The first-order chi connectivity index (χ1) is 9.06. The largest absolute Gasteiger partial charge is 0.484 e. The van der Waals surface area contributed by atoms with Crippen LogP contribution in [-0.4, -0.2) is 42.3 Å². The van der Waals surface area contributed by atoms with Gasteiger partial charge in [-0.15, -0.1) is 12.4 Å². The Morgan fingerprint density at radius 2 is 2.20 bits per heavy atom. The minimum Gasteiger partial charge on any atom is -0.484 e. The summed E-state index contributed by atoms with van der Waals surface area (Å²) in [5.41, 5.74) is 6.33. The van der Waals surface area contributed by atoms with Gasteiger partial charge in [0.1, 0.15) is 5.75 Å². The number of rotatable bonds is 4. The highest BCUT2D eigenvalue weighted by Crippen LogP contribution is 2.14. The topological polar surface area (TPSA) is 72.6 Å². The lowest BCUT2D eigenvalue weighted by atomic mass is 10.1. The standard InChI is InChI=1S/C14H18N2O3.ClH/c1-10(17)11-3-2-4-13(7-11)19-9-14(18)16-6-5-12(15)8-16;/h2-4,7,12H,5-6,8-9,15H2,1H3;1H/t12-;/m1./s1. The van der Waals surface area contributed by atoms with Gasteiger partial charge in [-0.3, -0.25) is 9.59 Å². The number of ether oxygens (including phenoxy) is 1. The predicted octanol–water partition coefficient (Wildman–Crippen LogP) is 1.25. The molecule has 1 aromatic carbocycles. The van der Waals surface area contributed by atoms with E-state index in [1.807, 2.05) is 0 Å². The third kappa shape index (κ3) is 4.21. The van der Waals surface area contributed by atoms with Gasteiger partial charge in [0.25, 0.3) is 5.91 Å². The molecule has 2 rings (SSSR count). The van der Waals surface area contributed by atoms with Crippen molar-refractivity contribution < 1.29 is 14.3 Å². The van der Waals surface area contributed by atoms with Crippen LogP contribution in [-0.2, 0) is 4.79 Å². The second kappa shape index (κ2) is 7.26. The van der Waals surface area contributed by atoms with Gasteiger partial charge in [0, 0.05) is 24.7 Å². The molecule has 0 bridgehead atoms. The van der Waals surface area contributed by atoms with E-state index >= 15 is 0 Å². The van der Waals surface area contributed by atoms with Gasteiger partial charge in [0.05, 0.1) is 0 Å². The normalized spacial score (nSPS) is 17.5. The van der Waals surface area contributed by atoms with Gasteiger partial charge >= 0.3 is 0 Å². The van der Waals surface area contributed by atoms with Crippen molar-refractivity contribution >= 4 is 24.1 Å². The number of amides is 1. The molecule has 1 aromatic rings. The Bertz CT molecular complexity index is 493. The summed E-state index contributed by atoms with van der Waals surface area (Å²) in [5, 5.41) is 0. The molecule has 1 fully saturated rings. The van der Waals surface area contributed by atoms with Crippen LogP contribution in [0.4, 0.5) is 0 Å². The Kier molecular flexibility index (Phi) is 5.98. The number of likely N-dealkylation sites (tertiary alicyclic amines) is 1. The molecular formula is C14H19ClN2O3. The fraction of sp³-hybridized carbons (Fsp3) is 0.429. The summed E-state index contributed by atoms with van der Waals surface area (Å²) in [6.45, 7) is 2.76. The second-order valence-corrected chi connectivity index (χ2v) is 4.76. The van der Waals surface area contributed by atoms with Gasteiger partial charge in [0.15, 0.2) is 12.4 Å². The molecular weight excluding hydrogens is 280 g/mol.